The monoisotopic (exact) mass is 352 g/mol. The molecule has 0 saturated carbocycles. The van der Waals surface area contributed by atoms with Gasteiger partial charge in [0.25, 0.3) is 0 Å². The van der Waals surface area contributed by atoms with Crippen molar-refractivity contribution in [2.45, 2.75) is 52.1 Å². The lowest BCUT2D eigenvalue weighted by Crippen LogP contribution is -2.36. The predicted octanol–water partition coefficient (Wildman–Crippen LogP) is 4.52. The highest BCUT2D eigenvalue weighted by Crippen LogP contribution is 2.24. The fourth-order valence-electron chi connectivity index (χ4n) is 3.41. The average molecular weight is 352 g/mol. The molecule has 1 aliphatic carbocycles. The summed E-state index contributed by atoms with van der Waals surface area (Å²) in [6.07, 6.45) is 4.88. The van der Waals surface area contributed by atoms with Crippen LogP contribution in [-0.4, -0.2) is 12.6 Å². The normalized spacial score (nSPS) is 14.2. The first-order chi connectivity index (χ1) is 12.7. The first kappa shape index (κ1) is 18.3. The van der Waals surface area contributed by atoms with Crippen molar-refractivity contribution in [2.75, 3.05) is 6.61 Å². The largest absolute Gasteiger partial charge is 0.494 e. The number of rotatable bonds is 6. The molecule has 0 aliphatic heterocycles. The van der Waals surface area contributed by atoms with Crippen molar-refractivity contribution in [3.8, 4) is 5.75 Å². The van der Waals surface area contributed by atoms with E-state index in [4.69, 9.17) is 4.74 Å². The van der Waals surface area contributed by atoms with Crippen LogP contribution in [0.3, 0.4) is 0 Å². The Balaban J connectivity index is 1.51. The van der Waals surface area contributed by atoms with Crippen LogP contribution in [0.2, 0.25) is 0 Å². The molecule has 1 atom stereocenters. The second-order valence-corrected chi connectivity index (χ2v) is 6.86. The van der Waals surface area contributed by atoms with E-state index in [2.05, 4.69) is 28.8 Å². The number of ether oxygens (including phenoxy) is 1. The molecule has 4 nitrogen and oxygen atoms in total. The fourth-order valence-corrected chi connectivity index (χ4v) is 3.41. The minimum absolute atomic E-state index is 0.0115. The molecule has 1 aliphatic rings. The number of urea groups is 1. The van der Waals surface area contributed by atoms with E-state index in [0.717, 1.165) is 17.7 Å². The molecule has 2 aromatic carbocycles. The highest BCUT2D eigenvalue weighted by Gasteiger charge is 2.14. The number of carbonyl (C=O) groups is 1. The quantitative estimate of drug-likeness (QED) is 0.803. The first-order valence-corrected chi connectivity index (χ1v) is 9.53. The smallest absolute Gasteiger partial charge is 0.315 e. The number of amides is 2. The highest BCUT2D eigenvalue weighted by atomic mass is 16.5. The summed E-state index contributed by atoms with van der Waals surface area (Å²) < 4.78 is 5.43. The Kier molecular flexibility index (Phi) is 6.16. The Morgan fingerprint density at radius 1 is 1.08 bits per heavy atom. The number of hydrogen-bond acceptors (Lipinski definition) is 2. The summed E-state index contributed by atoms with van der Waals surface area (Å²) in [5.74, 6) is 0.849. The molecule has 0 saturated heterocycles. The molecule has 138 valence electrons. The molecular weight excluding hydrogens is 324 g/mol. The molecule has 2 amide bonds. The van der Waals surface area contributed by atoms with Gasteiger partial charge in [-0.05, 0) is 73.9 Å². The Hall–Kier alpha value is -2.49. The summed E-state index contributed by atoms with van der Waals surface area (Å²) in [7, 11) is 0. The Morgan fingerprint density at radius 3 is 2.54 bits per heavy atom. The summed E-state index contributed by atoms with van der Waals surface area (Å²) >= 11 is 0. The number of hydrogen-bond donors (Lipinski definition) is 2. The standard InChI is InChI=1S/C22H28N2O2/c1-3-26-21-12-8-17(9-13-21)15-23-22(25)24-16(2)19-11-10-18-6-4-5-7-20(18)14-19/h8-14,16H,3-7,15H2,1-2H3,(H2,23,24,25). The SMILES string of the molecule is CCOc1ccc(CNC(=O)NC(C)c2ccc3c(c2)CCCC3)cc1. The van der Waals surface area contributed by atoms with Gasteiger partial charge in [-0.15, -0.1) is 0 Å². The summed E-state index contributed by atoms with van der Waals surface area (Å²) in [6, 6.07) is 14.2. The molecule has 2 aromatic rings. The molecular formula is C22H28N2O2. The second kappa shape index (κ2) is 8.75. The van der Waals surface area contributed by atoms with Gasteiger partial charge in [0.15, 0.2) is 0 Å². The molecule has 2 N–H and O–H groups in total. The molecule has 0 heterocycles. The van der Waals surface area contributed by atoms with Gasteiger partial charge in [-0.1, -0.05) is 30.3 Å². The second-order valence-electron chi connectivity index (χ2n) is 6.86. The van der Waals surface area contributed by atoms with Crippen LogP contribution in [0.25, 0.3) is 0 Å². The van der Waals surface area contributed by atoms with Crippen LogP contribution in [0, 0.1) is 0 Å². The van der Waals surface area contributed by atoms with Gasteiger partial charge >= 0.3 is 6.03 Å². The fraction of sp³-hybridized carbons (Fsp3) is 0.409. The topological polar surface area (TPSA) is 50.4 Å². The van der Waals surface area contributed by atoms with Crippen molar-refractivity contribution in [3.05, 3.63) is 64.7 Å². The van der Waals surface area contributed by atoms with Crippen molar-refractivity contribution >= 4 is 6.03 Å². The maximum atomic E-state index is 12.2. The molecule has 1 unspecified atom stereocenters. The Morgan fingerprint density at radius 2 is 1.81 bits per heavy atom. The maximum absolute atomic E-state index is 12.2. The van der Waals surface area contributed by atoms with Gasteiger partial charge < -0.3 is 15.4 Å². The van der Waals surface area contributed by atoms with E-state index in [1.54, 1.807) is 0 Å². The van der Waals surface area contributed by atoms with Crippen molar-refractivity contribution in [1.29, 1.82) is 0 Å². The molecule has 3 rings (SSSR count). The molecule has 0 aromatic heterocycles. The molecule has 0 spiro atoms. The lowest BCUT2D eigenvalue weighted by molar-refractivity contribution is 0.237. The van der Waals surface area contributed by atoms with E-state index in [1.807, 2.05) is 38.1 Å². The summed E-state index contributed by atoms with van der Waals surface area (Å²) in [5.41, 5.74) is 5.12. The van der Waals surface area contributed by atoms with Gasteiger partial charge in [0.1, 0.15) is 5.75 Å². The van der Waals surface area contributed by atoms with Crippen LogP contribution in [0.15, 0.2) is 42.5 Å². The Bertz CT molecular complexity index is 740. The minimum atomic E-state index is -0.149. The number of aryl methyl sites for hydroxylation is 2. The molecule has 0 radical (unpaired) electrons. The zero-order valence-corrected chi connectivity index (χ0v) is 15.7. The van der Waals surface area contributed by atoms with Gasteiger partial charge in [0.2, 0.25) is 0 Å². The highest BCUT2D eigenvalue weighted by molar-refractivity contribution is 5.74. The van der Waals surface area contributed by atoms with Gasteiger partial charge in [-0.2, -0.15) is 0 Å². The maximum Gasteiger partial charge on any atom is 0.315 e. The molecule has 26 heavy (non-hydrogen) atoms. The number of nitrogens with one attached hydrogen (secondary N) is 2. The first-order valence-electron chi connectivity index (χ1n) is 9.53. The van der Waals surface area contributed by atoms with E-state index in [1.165, 1.54) is 36.0 Å². The van der Waals surface area contributed by atoms with Crippen molar-refractivity contribution in [2.24, 2.45) is 0 Å². The van der Waals surface area contributed by atoms with Crippen molar-refractivity contribution in [1.82, 2.24) is 10.6 Å². The molecule has 0 bridgehead atoms. The Labute approximate surface area is 156 Å². The van der Waals surface area contributed by atoms with Crippen LogP contribution < -0.4 is 15.4 Å². The number of carbonyl (C=O) groups excluding carboxylic acids is 1. The molecule has 4 heteroatoms. The minimum Gasteiger partial charge on any atom is -0.494 e. The van der Waals surface area contributed by atoms with Gasteiger partial charge in [-0.3, -0.25) is 0 Å². The van der Waals surface area contributed by atoms with E-state index in [0.29, 0.717) is 13.2 Å². The van der Waals surface area contributed by atoms with Gasteiger partial charge in [-0.25, -0.2) is 4.79 Å². The average Bonchev–Trinajstić information content (AvgIpc) is 2.67. The third-order valence-electron chi connectivity index (χ3n) is 4.91. The van der Waals surface area contributed by atoms with Gasteiger partial charge in [0, 0.05) is 6.54 Å². The zero-order chi connectivity index (χ0) is 18.4. The predicted molar refractivity (Wildman–Crippen MR) is 104 cm³/mol. The van der Waals surface area contributed by atoms with Crippen LogP contribution in [-0.2, 0) is 19.4 Å². The summed E-state index contributed by atoms with van der Waals surface area (Å²) in [4.78, 5) is 12.2. The van der Waals surface area contributed by atoms with E-state index in [-0.39, 0.29) is 12.1 Å². The van der Waals surface area contributed by atoms with Crippen LogP contribution in [0.1, 0.15) is 55.0 Å². The van der Waals surface area contributed by atoms with Crippen molar-refractivity contribution < 1.29 is 9.53 Å². The summed E-state index contributed by atoms with van der Waals surface area (Å²) in [6.45, 7) is 5.14. The van der Waals surface area contributed by atoms with Crippen LogP contribution in [0.4, 0.5) is 4.79 Å². The third-order valence-corrected chi connectivity index (χ3v) is 4.91. The van der Waals surface area contributed by atoms with Crippen LogP contribution >= 0.6 is 0 Å². The lowest BCUT2D eigenvalue weighted by atomic mass is 9.89. The van der Waals surface area contributed by atoms with E-state index in [9.17, 15) is 4.79 Å². The number of fused-ring (bicyclic) bond motifs is 1. The van der Waals surface area contributed by atoms with Crippen LogP contribution in [0.5, 0.6) is 5.75 Å². The van der Waals surface area contributed by atoms with Gasteiger partial charge in [0.05, 0.1) is 12.6 Å². The summed E-state index contributed by atoms with van der Waals surface area (Å²) in [5, 5.41) is 5.95. The molecule has 0 fully saturated rings. The number of benzene rings is 2. The third kappa shape index (κ3) is 4.78. The van der Waals surface area contributed by atoms with Crippen molar-refractivity contribution in [3.63, 3.8) is 0 Å². The van der Waals surface area contributed by atoms with E-state index >= 15 is 0 Å². The lowest BCUT2D eigenvalue weighted by Gasteiger charge is -2.20. The van der Waals surface area contributed by atoms with E-state index < -0.39 is 0 Å². The zero-order valence-electron chi connectivity index (χ0n) is 15.7.